The van der Waals surface area contributed by atoms with Crippen molar-refractivity contribution >= 4 is 17.4 Å². The van der Waals surface area contributed by atoms with Crippen molar-refractivity contribution in [3.05, 3.63) is 63.9 Å². The Kier molecular flexibility index (Phi) is 5.06. The van der Waals surface area contributed by atoms with Gasteiger partial charge in [-0.15, -0.1) is 0 Å². The Morgan fingerprint density at radius 1 is 1.35 bits per heavy atom. The van der Waals surface area contributed by atoms with E-state index in [1.54, 1.807) is 12.1 Å². The zero-order valence-corrected chi connectivity index (χ0v) is 13.8. The summed E-state index contributed by atoms with van der Waals surface area (Å²) in [6.45, 7) is 4.28. The third kappa shape index (κ3) is 4.16. The molecule has 0 saturated carbocycles. The van der Waals surface area contributed by atoms with Gasteiger partial charge in [0, 0.05) is 30.8 Å². The number of pyridine rings is 1. The highest BCUT2D eigenvalue weighted by molar-refractivity contribution is 6.29. The molecule has 0 bridgehead atoms. The number of aryl methyl sites for hydroxylation is 1. The van der Waals surface area contributed by atoms with Crippen molar-refractivity contribution in [2.24, 2.45) is 0 Å². The zero-order chi connectivity index (χ0) is 16.2. The van der Waals surface area contributed by atoms with Gasteiger partial charge in [-0.2, -0.15) is 0 Å². The summed E-state index contributed by atoms with van der Waals surface area (Å²) in [6, 6.07) is 11.4. The van der Waals surface area contributed by atoms with E-state index in [0.29, 0.717) is 17.1 Å². The van der Waals surface area contributed by atoms with Gasteiger partial charge in [-0.25, -0.2) is 4.98 Å². The van der Waals surface area contributed by atoms with Crippen LogP contribution >= 0.6 is 11.6 Å². The first kappa shape index (κ1) is 16.1. The molecule has 1 aliphatic heterocycles. The van der Waals surface area contributed by atoms with Crippen molar-refractivity contribution in [2.75, 3.05) is 19.7 Å². The van der Waals surface area contributed by atoms with Gasteiger partial charge in [0.25, 0.3) is 0 Å². The summed E-state index contributed by atoms with van der Waals surface area (Å²) < 4.78 is 5.73. The van der Waals surface area contributed by atoms with Crippen molar-refractivity contribution in [3.8, 4) is 0 Å². The van der Waals surface area contributed by atoms with Gasteiger partial charge in [0.1, 0.15) is 5.15 Å². The Morgan fingerprint density at radius 2 is 2.13 bits per heavy atom. The molecule has 1 fully saturated rings. The topological polar surface area (TPSA) is 51.2 Å². The molecule has 0 amide bonds. The summed E-state index contributed by atoms with van der Waals surface area (Å²) in [5, 5.41) is 3.67. The standard InChI is InChI=1S/C18H19ClN2O2/c1-12-8-15(10-18(19)21-12)16(22)9-13-2-4-14(5-3-13)17-11-20-6-7-23-17/h2-5,8,10,17,20H,6-7,9,11H2,1H3. The van der Waals surface area contributed by atoms with Crippen LogP contribution in [0.5, 0.6) is 0 Å². The molecule has 5 heteroatoms. The minimum Gasteiger partial charge on any atom is -0.371 e. The number of halogens is 1. The lowest BCUT2D eigenvalue weighted by Gasteiger charge is -2.24. The maximum Gasteiger partial charge on any atom is 0.167 e. The van der Waals surface area contributed by atoms with Gasteiger partial charge in [-0.05, 0) is 30.2 Å². The fourth-order valence-electron chi connectivity index (χ4n) is 2.71. The van der Waals surface area contributed by atoms with Crippen LogP contribution < -0.4 is 5.32 Å². The number of Topliss-reactive ketones (excluding diaryl/α,β-unsaturated/α-hetero) is 1. The third-order valence-corrected chi connectivity index (χ3v) is 4.08. The summed E-state index contributed by atoms with van der Waals surface area (Å²) in [4.78, 5) is 16.5. The number of ether oxygens (including phenoxy) is 1. The van der Waals surface area contributed by atoms with Crippen molar-refractivity contribution in [2.45, 2.75) is 19.4 Å². The lowest BCUT2D eigenvalue weighted by Crippen LogP contribution is -2.33. The second kappa shape index (κ2) is 7.21. The van der Waals surface area contributed by atoms with E-state index in [4.69, 9.17) is 16.3 Å². The Labute approximate surface area is 140 Å². The number of benzene rings is 1. The number of hydrogen-bond donors (Lipinski definition) is 1. The molecule has 0 spiro atoms. The number of rotatable bonds is 4. The minimum absolute atomic E-state index is 0.0423. The van der Waals surface area contributed by atoms with Crippen LogP contribution in [0.4, 0.5) is 0 Å². The monoisotopic (exact) mass is 330 g/mol. The first-order valence-electron chi connectivity index (χ1n) is 7.70. The van der Waals surface area contributed by atoms with E-state index in [9.17, 15) is 4.79 Å². The van der Waals surface area contributed by atoms with E-state index in [0.717, 1.165) is 36.5 Å². The molecule has 2 heterocycles. The van der Waals surface area contributed by atoms with Crippen LogP contribution in [0.3, 0.4) is 0 Å². The van der Waals surface area contributed by atoms with Crippen LogP contribution in [-0.2, 0) is 11.2 Å². The minimum atomic E-state index is 0.0423. The van der Waals surface area contributed by atoms with Crippen LogP contribution in [0.2, 0.25) is 5.15 Å². The smallest absolute Gasteiger partial charge is 0.167 e. The fraction of sp³-hybridized carbons (Fsp3) is 0.333. The molecule has 120 valence electrons. The van der Waals surface area contributed by atoms with Gasteiger partial charge >= 0.3 is 0 Å². The second-order valence-electron chi connectivity index (χ2n) is 5.73. The van der Waals surface area contributed by atoms with Crippen molar-refractivity contribution in [1.82, 2.24) is 10.3 Å². The first-order valence-corrected chi connectivity index (χ1v) is 8.08. The lowest BCUT2D eigenvalue weighted by atomic mass is 10.0. The normalized spacial score (nSPS) is 17.9. The van der Waals surface area contributed by atoms with E-state index < -0.39 is 0 Å². The maximum absolute atomic E-state index is 12.4. The number of hydrogen-bond acceptors (Lipinski definition) is 4. The van der Waals surface area contributed by atoms with E-state index in [1.165, 1.54) is 0 Å². The second-order valence-corrected chi connectivity index (χ2v) is 6.11. The summed E-state index contributed by atoms with van der Waals surface area (Å²) in [6.07, 6.45) is 0.444. The predicted molar refractivity (Wildman–Crippen MR) is 90.0 cm³/mol. The molecule has 1 aromatic carbocycles. The molecule has 1 N–H and O–H groups in total. The zero-order valence-electron chi connectivity index (χ0n) is 13.0. The summed E-state index contributed by atoms with van der Waals surface area (Å²) in [5.41, 5.74) is 3.47. The lowest BCUT2D eigenvalue weighted by molar-refractivity contribution is 0.0277. The number of ketones is 1. The number of nitrogens with one attached hydrogen (secondary N) is 1. The quantitative estimate of drug-likeness (QED) is 0.691. The van der Waals surface area contributed by atoms with Crippen LogP contribution in [0.25, 0.3) is 0 Å². The van der Waals surface area contributed by atoms with Crippen molar-refractivity contribution in [3.63, 3.8) is 0 Å². The molecule has 1 saturated heterocycles. The van der Waals surface area contributed by atoms with E-state index in [2.05, 4.69) is 10.3 Å². The highest BCUT2D eigenvalue weighted by Gasteiger charge is 2.16. The summed E-state index contributed by atoms with van der Waals surface area (Å²) in [7, 11) is 0. The van der Waals surface area contributed by atoms with Gasteiger partial charge in [-0.1, -0.05) is 35.9 Å². The average Bonchev–Trinajstić information content (AvgIpc) is 2.55. The van der Waals surface area contributed by atoms with Gasteiger partial charge in [-0.3, -0.25) is 4.79 Å². The number of nitrogens with zero attached hydrogens (tertiary/aromatic N) is 1. The molecular formula is C18H19ClN2O2. The van der Waals surface area contributed by atoms with Gasteiger partial charge < -0.3 is 10.1 Å². The van der Waals surface area contributed by atoms with Crippen LogP contribution in [-0.4, -0.2) is 30.5 Å². The molecule has 2 aromatic rings. The highest BCUT2D eigenvalue weighted by Crippen LogP contribution is 2.20. The van der Waals surface area contributed by atoms with Gasteiger partial charge in [0.2, 0.25) is 0 Å². The van der Waals surface area contributed by atoms with E-state index in [-0.39, 0.29) is 11.9 Å². The van der Waals surface area contributed by atoms with Crippen LogP contribution in [0.1, 0.15) is 33.3 Å². The summed E-state index contributed by atoms with van der Waals surface area (Å²) in [5.74, 6) is 0.0423. The molecule has 1 aromatic heterocycles. The average molecular weight is 331 g/mol. The largest absolute Gasteiger partial charge is 0.371 e. The van der Waals surface area contributed by atoms with Crippen molar-refractivity contribution < 1.29 is 9.53 Å². The van der Waals surface area contributed by atoms with Crippen LogP contribution in [0.15, 0.2) is 36.4 Å². The van der Waals surface area contributed by atoms with E-state index in [1.807, 2.05) is 31.2 Å². The van der Waals surface area contributed by atoms with E-state index >= 15 is 0 Å². The maximum atomic E-state index is 12.4. The molecular weight excluding hydrogens is 312 g/mol. The Balaban J connectivity index is 1.68. The van der Waals surface area contributed by atoms with Crippen molar-refractivity contribution in [1.29, 1.82) is 0 Å². The molecule has 4 nitrogen and oxygen atoms in total. The van der Waals surface area contributed by atoms with Crippen LogP contribution in [0, 0.1) is 6.92 Å². The predicted octanol–water partition coefficient (Wildman–Crippen LogP) is 3.13. The first-order chi connectivity index (χ1) is 11.1. The number of morpholine rings is 1. The number of aromatic nitrogens is 1. The molecule has 1 atom stereocenters. The molecule has 0 radical (unpaired) electrons. The summed E-state index contributed by atoms with van der Waals surface area (Å²) >= 11 is 5.92. The Morgan fingerprint density at radius 3 is 2.78 bits per heavy atom. The Bertz CT molecular complexity index is 674. The molecule has 3 rings (SSSR count). The Hall–Kier alpha value is -1.75. The molecule has 1 unspecified atom stereocenters. The third-order valence-electron chi connectivity index (χ3n) is 3.89. The fourth-order valence-corrected chi connectivity index (χ4v) is 2.96. The van der Waals surface area contributed by atoms with Gasteiger partial charge in [0.05, 0.1) is 12.7 Å². The van der Waals surface area contributed by atoms with Gasteiger partial charge in [0.15, 0.2) is 5.78 Å². The molecule has 0 aliphatic carbocycles. The number of carbonyl (C=O) groups excluding carboxylic acids is 1. The highest BCUT2D eigenvalue weighted by atomic mass is 35.5. The molecule has 23 heavy (non-hydrogen) atoms. The molecule has 1 aliphatic rings. The number of carbonyl (C=O) groups is 1. The SMILES string of the molecule is Cc1cc(C(=O)Cc2ccc(C3CNCCO3)cc2)cc(Cl)n1.